The maximum Gasteiger partial charge on any atom is 0.243 e. The summed E-state index contributed by atoms with van der Waals surface area (Å²) in [7, 11) is 0. The third-order valence-corrected chi connectivity index (χ3v) is 3.65. The van der Waals surface area contributed by atoms with Gasteiger partial charge in [0.2, 0.25) is 5.91 Å². The van der Waals surface area contributed by atoms with Crippen LogP contribution in [0.1, 0.15) is 32.3 Å². The standard InChI is InChI=1S/C21H26N2O2/c1-15(2)14-25-18-11-9-17(10-12-18)22-13-21(24)23-20-8-6-5-7-19(20)16(3)4/h5-12,16,22H,1,13-14H2,2-4H3,(H,23,24). The van der Waals surface area contributed by atoms with Gasteiger partial charge in [0.25, 0.3) is 0 Å². The molecule has 25 heavy (non-hydrogen) atoms. The first-order valence-corrected chi connectivity index (χ1v) is 8.45. The number of amides is 1. The number of para-hydroxylation sites is 1. The average Bonchev–Trinajstić information content (AvgIpc) is 2.59. The summed E-state index contributed by atoms with van der Waals surface area (Å²) in [6, 6.07) is 15.4. The molecule has 132 valence electrons. The molecule has 0 atom stereocenters. The number of ether oxygens (including phenoxy) is 1. The third-order valence-electron chi connectivity index (χ3n) is 3.65. The van der Waals surface area contributed by atoms with Crippen molar-refractivity contribution < 1.29 is 9.53 Å². The highest BCUT2D eigenvalue weighted by molar-refractivity contribution is 5.94. The van der Waals surface area contributed by atoms with E-state index in [1.807, 2.05) is 55.5 Å². The molecule has 0 saturated carbocycles. The minimum absolute atomic E-state index is 0.0734. The minimum Gasteiger partial charge on any atom is -0.489 e. The largest absolute Gasteiger partial charge is 0.489 e. The smallest absolute Gasteiger partial charge is 0.243 e. The Kier molecular flexibility index (Phi) is 6.63. The number of anilines is 2. The van der Waals surface area contributed by atoms with E-state index >= 15 is 0 Å². The lowest BCUT2D eigenvalue weighted by molar-refractivity contribution is -0.114. The number of rotatable bonds is 8. The molecule has 0 aromatic heterocycles. The van der Waals surface area contributed by atoms with Crippen molar-refractivity contribution >= 4 is 17.3 Å². The molecular weight excluding hydrogens is 312 g/mol. The predicted molar refractivity (Wildman–Crippen MR) is 104 cm³/mol. The number of carbonyl (C=O) groups is 1. The van der Waals surface area contributed by atoms with E-state index in [1.54, 1.807) is 0 Å². The van der Waals surface area contributed by atoms with Crippen LogP contribution in [0, 0.1) is 0 Å². The Bertz CT molecular complexity index is 721. The average molecular weight is 338 g/mol. The first-order chi connectivity index (χ1) is 12.0. The van der Waals surface area contributed by atoms with Crippen LogP contribution in [0.4, 0.5) is 11.4 Å². The van der Waals surface area contributed by atoms with Gasteiger partial charge in [0, 0.05) is 11.4 Å². The Balaban J connectivity index is 1.87. The second-order valence-electron chi connectivity index (χ2n) is 6.41. The SMILES string of the molecule is C=C(C)COc1ccc(NCC(=O)Nc2ccccc2C(C)C)cc1. The Morgan fingerprint density at radius 3 is 2.44 bits per heavy atom. The first kappa shape index (κ1) is 18.6. The molecule has 4 nitrogen and oxygen atoms in total. The summed E-state index contributed by atoms with van der Waals surface area (Å²) in [5.74, 6) is 1.07. The van der Waals surface area contributed by atoms with Crippen LogP contribution >= 0.6 is 0 Å². The van der Waals surface area contributed by atoms with Crippen molar-refractivity contribution in [3.8, 4) is 5.75 Å². The summed E-state index contributed by atoms with van der Waals surface area (Å²) >= 11 is 0. The summed E-state index contributed by atoms with van der Waals surface area (Å²) in [6.07, 6.45) is 0. The fraction of sp³-hybridized carbons (Fsp3) is 0.286. The normalized spacial score (nSPS) is 10.4. The van der Waals surface area contributed by atoms with E-state index in [0.29, 0.717) is 12.5 Å². The van der Waals surface area contributed by atoms with Crippen LogP contribution < -0.4 is 15.4 Å². The van der Waals surface area contributed by atoms with Gasteiger partial charge in [-0.25, -0.2) is 0 Å². The lowest BCUT2D eigenvalue weighted by Gasteiger charge is -2.14. The molecule has 0 radical (unpaired) electrons. The Labute approximate surface area is 149 Å². The lowest BCUT2D eigenvalue weighted by atomic mass is 10.0. The van der Waals surface area contributed by atoms with E-state index in [1.165, 1.54) is 0 Å². The molecule has 0 spiro atoms. The molecule has 0 aliphatic heterocycles. The zero-order valence-corrected chi connectivity index (χ0v) is 15.1. The molecule has 0 unspecified atom stereocenters. The van der Waals surface area contributed by atoms with Crippen molar-refractivity contribution in [3.63, 3.8) is 0 Å². The highest BCUT2D eigenvalue weighted by Gasteiger charge is 2.09. The van der Waals surface area contributed by atoms with E-state index in [9.17, 15) is 4.79 Å². The number of hydrogen-bond donors (Lipinski definition) is 2. The molecule has 2 N–H and O–H groups in total. The van der Waals surface area contributed by atoms with Crippen LogP contribution in [0.3, 0.4) is 0 Å². The molecule has 0 fully saturated rings. The van der Waals surface area contributed by atoms with Crippen molar-refractivity contribution in [2.24, 2.45) is 0 Å². The third kappa shape index (κ3) is 5.99. The van der Waals surface area contributed by atoms with Crippen molar-refractivity contribution in [2.45, 2.75) is 26.7 Å². The van der Waals surface area contributed by atoms with Crippen LogP contribution in [0.25, 0.3) is 0 Å². The van der Waals surface area contributed by atoms with Gasteiger partial charge in [-0.05, 0) is 54.3 Å². The van der Waals surface area contributed by atoms with Crippen molar-refractivity contribution in [2.75, 3.05) is 23.8 Å². The first-order valence-electron chi connectivity index (χ1n) is 8.45. The number of nitrogens with one attached hydrogen (secondary N) is 2. The molecule has 0 aliphatic rings. The van der Waals surface area contributed by atoms with Crippen LogP contribution in [-0.4, -0.2) is 19.1 Å². The van der Waals surface area contributed by atoms with Crippen LogP contribution in [0.2, 0.25) is 0 Å². The monoisotopic (exact) mass is 338 g/mol. The maximum atomic E-state index is 12.2. The molecule has 2 aromatic rings. The van der Waals surface area contributed by atoms with E-state index < -0.39 is 0 Å². The molecule has 4 heteroatoms. The van der Waals surface area contributed by atoms with Gasteiger partial charge in [0.05, 0.1) is 6.54 Å². The van der Waals surface area contributed by atoms with Crippen molar-refractivity contribution in [1.29, 1.82) is 0 Å². The highest BCUT2D eigenvalue weighted by atomic mass is 16.5. The van der Waals surface area contributed by atoms with Crippen LogP contribution in [0.5, 0.6) is 5.75 Å². The number of benzene rings is 2. The zero-order chi connectivity index (χ0) is 18.2. The van der Waals surface area contributed by atoms with E-state index in [0.717, 1.165) is 28.3 Å². The summed E-state index contributed by atoms with van der Waals surface area (Å²) in [5, 5.41) is 6.09. The van der Waals surface area contributed by atoms with Crippen molar-refractivity contribution in [3.05, 3.63) is 66.2 Å². The van der Waals surface area contributed by atoms with Crippen LogP contribution in [0.15, 0.2) is 60.7 Å². The van der Waals surface area contributed by atoms with Gasteiger partial charge in [-0.15, -0.1) is 0 Å². The lowest BCUT2D eigenvalue weighted by Crippen LogP contribution is -2.22. The summed E-state index contributed by atoms with van der Waals surface area (Å²) in [5.41, 5.74) is 3.85. The summed E-state index contributed by atoms with van der Waals surface area (Å²) < 4.78 is 5.56. The van der Waals surface area contributed by atoms with Gasteiger partial charge in [-0.1, -0.05) is 38.6 Å². The van der Waals surface area contributed by atoms with E-state index in [4.69, 9.17) is 4.74 Å². The number of hydrogen-bond acceptors (Lipinski definition) is 3. The van der Waals surface area contributed by atoms with Crippen molar-refractivity contribution in [1.82, 2.24) is 0 Å². The molecule has 0 saturated heterocycles. The highest BCUT2D eigenvalue weighted by Crippen LogP contribution is 2.23. The molecule has 0 aliphatic carbocycles. The number of carbonyl (C=O) groups excluding carboxylic acids is 1. The summed E-state index contributed by atoms with van der Waals surface area (Å²) in [4.78, 5) is 12.2. The predicted octanol–water partition coefficient (Wildman–Crippen LogP) is 4.82. The Morgan fingerprint density at radius 2 is 1.80 bits per heavy atom. The molecule has 0 heterocycles. The van der Waals surface area contributed by atoms with Gasteiger partial charge in [0.15, 0.2) is 0 Å². The minimum atomic E-state index is -0.0734. The fourth-order valence-corrected chi connectivity index (χ4v) is 2.37. The van der Waals surface area contributed by atoms with E-state index in [-0.39, 0.29) is 12.5 Å². The maximum absolute atomic E-state index is 12.2. The van der Waals surface area contributed by atoms with E-state index in [2.05, 4.69) is 31.1 Å². The topological polar surface area (TPSA) is 50.4 Å². The van der Waals surface area contributed by atoms with Gasteiger partial charge in [-0.2, -0.15) is 0 Å². The molecule has 2 aromatic carbocycles. The Morgan fingerprint density at radius 1 is 1.12 bits per heavy atom. The molecule has 2 rings (SSSR count). The molecular formula is C21H26N2O2. The van der Waals surface area contributed by atoms with Gasteiger partial charge >= 0.3 is 0 Å². The molecule has 0 bridgehead atoms. The van der Waals surface area contributed by atoms with Gasteiger partial charge < -0.3 is 15.4 Å². The van der Waals surface area contributed by atoms with Gasteiger partial charge in [-0.3, -0.25) is 4.79 Å². The summed E-state index contributed by atoms with van der Waals surface area (Å²) in [6.45, 7) is 10.7. The van der Waals surface area contributed by atoms with Gasteiger partial charge in [0.1, 0.15) is 12.4 Å². The zero-order valence-electron chi connectivity index (χ0n) is 15.1. The van der Waals surface area contributed by atoms with Crippen LogP contribution in [-0.2, 0) is 4.79 Å². The quantitative estimate of drug-likeness (QED) is 0.679. The second kappa shape index (κ2) is 8.92. The second-order valence-corrected chi connectivity index (χ2v) is 6.41. The Hall–Kier alpha value is -2.75. The fourth-order valence-electron chi connectivity index (χ4n) is 2.37. The molecule has 1 amide bonds.